The Morgan fingerprint density at radius 2 is 2.00 bits per heavy atom. The maximum atomic E-state index is 12.8. The number of amides is 1. The van der Waals surface area contributed by atoms with Gasteiger partial charge in [-0.05, 0) is 49.9 Å². The molecule has 150 valence electrons. The van der Waals surface area contributed by atoms with E-state index in [0.717, 1.165) is 25.1 Å². The number of aryl methyl sites for hydroxylation is 1. The molecule has 2 heterocycles. The van der Waals surface area contributed by atoms with E-state index >= 15 is 0 Å². The number of benzene rings is 1. The third-order valence-electron chi connectivity index (χ3n) is 5.20. The molecule has 0 bridgehead atoms. The van der Waals surface area contributed by atoms with Crippen molar-refractivity contribution >= 4 is 21.6 Å². The minimum atomic E-state index is -3.58. The van der Waals surface area contributed by atoms with Crippen LogP contribution >= 0.6 is 0 Å². The molecular weight excluding hydrogens is 366 g/mol. The Labute approximate surface area is 161 Å². The third-order valence-corrected chi connectivity index (χ3v) is 7.09. The summed E-state index contributed by atoms with van der Waals surface area (Å²) in [4.78, 5) is 14.8. The molecule has 1 amide bonds. The lowest BCUT2D eigenvalue weighted by Gasteiger charge is -2.30. The molecule has 2 aliphatic heterocycles. The van der Waals surface area contributed by atoms with Gasteiger partial charge in [0.2, 0.25) is 15.9 Å². The number of sulfonamides is 1. The van der Waals surface area contributed by atoms with Gasteiger partial charge in [-0.1, -0.05) is 13.0 Å². The number of ether oxygens (including phenoxy) is 1. The normalized spacial score (nSPS) is 22.5. The van der Waals surface area contributed by atoms with Crippen LogP contribution in [0, 0.1) is 12.8 Å². The van der Waals surface area contributed by atoms with Crippen LogP contribution in [-0.4, -0.2) is 69.5 Å². The Morgan fingerprint density at radius 3 is 2.70 bits per heavy atom. The summed E-state index contributed by atoms with van der Waals surface area (Å²) in [5, 5.41) is 2.90. The van der Waals surface area contributed by atoms with E-state index in [1.54, 1.807) is 18.2 Å². The second-order valence-electron chi connectivity index (χ2n) is 7.52. The minimum Gasteiger partial charge on any atom is -0.379 e. The lowest BCUT2D eigenvalue weighted by molar-refractivity contribution is -0.117. The molecule has 2 fully saturated rings. The number of nitrogens with one attached hydrogen (secondary N) is 1. The summed E-state index contributed by atoms with van der Waals surface area (Å²) in [6.07, 6.45) is 2.32. The number of piperidine rings is 1. The second kappa shape index (κ2) is 8.68. The first kappa shape index (κ1) is 20.3. The zero-order valence-electron chi connectivity index (χ0n) is 16.1. The van der Waals surface area contributed by atoms with E-state index in [0.29, 0.717) is 44.5 Å². The van der Waals surface area contributed by atoms with E-state index in [1.165, 1.54) is 10.7 Å². The first-order valence-electron chi connectivity index (χ1n) is 9.57. The maximum Gasteiger partial charge on any atom is 0.243 e. The van der Waals surface area contributed by atoms with Crippen LogP contribution in [0.25, 0.3) is 0 Å². The number of hydrogen-bond donors (Lipinski definition) is 1. The average molecular weight is 396 g/mol. The van der Waals surface area contributed by atoms with Crippen molar-refractivity contribution in [3.63, 3.8) is 0 Å². The molecule has 0 aromatic heterocycles. The molecule has 0 unspecified atom stereocenters. The quantitative estimate of drug-likeness (QED) is 0.821. The Morgan fingerprint density at radius 1 is 1.26 bits per heavy atom. The zero-order valence-corrected chi connectivity index (χ0v) is 16.9. The number of carbonyl (C=O) groups is 1. The monoisotopic (exact) mass is 395 g/mol. The lowest BCUT2D eigenvalue weighted by atomic mass is 10.0. The SMILES string of the molecule is Cc1ccc(S(=O)(=O)N2CCOCC2)cc1NC(=O)CN1CCC[C@H](C)C1. The van der Waals surface area contributed by atoms with E-state index in [1.807, 2.05) is 6.92 Å². The summed E-state index contributed by atoms with van der Waals surface area (Å²) in [5.74, 6) is 0.503. The van der Waals surface area contributed by atoms with E-state index in [4.69, 9.17) is 4.74 Å². The lowest BCUT2D eigenvalue weighted by Crippen LogP contribution is -2.40. The molecule has 1 aromatic carbocycles. The molecule has 1 N–H and O–H groups in total. The Balaban J connectivity index is 1.70. The van der Waals surface area contributed by atoms with Crippen LogP contribution in [0.3, 0.4) is 0 Å². The Bertz CT molecular complexity index is 775. The molecule has 0 saturated carbocycles. The number of nitrogens with zero attached hydrogens (tertiary/aromatic N) is 2. The topological polar surface area (TPSA) is 79.0 Å². The summed E-state index contributed by atoms with van der Waals surface area (Å²) in [5.41, 5.74) is 1.40. The van der Waals surface area contributed by atoms with Crippen molar-refractivity contribution in [3.8, 4) is 0 Å². The second-order valence-corrected chi connectivity index (χ2v) is 9.46. The van der Waals surface area contributed by atoms with Crippen LogP contribution in [0.15, 0.2) is 23.1 Å². The standard InChI is InChI=1S/C19H29N3O4S/c1-15-4-3-7-21(13-15)14-19(23)20-18-12-17(6-5-16(18)2)27(24,25)22-8-10-26-11-9-22/h5-6,12,15H,3-4,7-11,13-14H2,1-2H3,(H,20,23)/t15-/m0/s1. The van der Waals surface area contributed by atoms with Gasteiger partial charge in [0.05, 0.1) is 24.7 Å². The summed E-state index contributed by atoms with van der Waals surface area (Å²) in [6, 6.07) is 4.91. The number of anilines is 1. The van der Waals surface area contributed by atoms with Crippen molar-refractivity contribution in [1.82, 2.24) is 9.21 Å². The number of morpholine rings is 1. The third kappa shape index (κ3) is 5.07. The van der Waals surface area contributed by atoms with Gasteiger partial charge in [0.15, 0.2) is 0 Å². The Kier molecular flexibility index (Phi) is 6.52. The minimum absolute atomic E-state index is 0.104. The number of rotatable bonds is 5. The molecule has 2 aliphatic rings. The molecule has 1 atom stereocenters. The van der Waals surface area contributed by atoms with Gasteiger partial charge in [0, 0.05) is 25.3 Å². The molecule has 3 rings (SSSR count). The van der Waals surface area contributed by atoms with Crippen LogP contribution in [0.1, 0.15) is 25.3 Å². The fourth-order valence-electron chi connectivity index (χ4n) is 3.66. The van der Waals surface area contributed by atoms with E-state index in [9.17, 15) is 13.2 Å². The van der Waals surface area contributed by atoms with Gasteiger partial charge in [-0.2, -0.15) is 4.31 Å². The zero-order chi connectivity index (χ0) is 19.4. The Hall–Kier alpha value is -1.48. The highest BCUT2D eigenvalue weighted by molar-refractivity contribution is 7.89. The molecular formula is C19H29N3O4S. The highest BCUT2D eigenvalue weighted by Crippen LogP contribution is 2.24. The number of carbonyl (C=O) groups excluding carboxylic acids is 1. The molecule has 0 spiro atoms. The van der Waals surface area contributed by atoms with Crippen molar-refractivity contribution in [2.45, 2.75) is 31.6 Å². The van der Waals surface area contributed by atoms with Crippen LogP contribution in [0.2, 0.25) is 0 Å². The van der Waals surface area contributed by atoms with Gasteiger partial charge < -0.3 is 10.1 Å². The van der Waals surface area contributed by atoms with Crippen molar-refractivity contribution in [2.24, 2.45) is 5.92 Å². The summed E-state index contributed by atoms with van der Waals surface area (Å²) in [6.45, 7) is 7.78. The van der Waals surface area contributed by atoms with Gasteiger partial charge in [0.25, 0.3) is 0 Å². The van der Waals surface area contributed by atoms with Crippen molar-refractivity contribution < 1.29 is 17.9 Å². The predicted octanol–water partition coefficient (Wildman–Crippen LogP) is 1.69. The molecule has 2 saturated heterocycles. The number of likely N-dealkylation sites (tertiary alicyclic amines) is 1. The maximum absolute atomic E-state index is 12.8. The highest BCUT2D eigenvalue weighted by Gasteiger charge is 2.27. The van der Waals surface area contributed by atoms with Crippen molar-refractivity contribution in [1.29, 1.82) is 0 Å². The summed E-state index contributed by atoms with van der Waals surface area (Å²) in [7, 11) is -3.58. The van der Waals surface area contributed by atoms with Crippen LogP contribution < -0.4 is 5.32 Å². The first-order chi connectivity index (χ1) is 12.9. The van der Waals surface area contributed by atoms with E-state index in [-0.39, 0.29) is 10.8 Å². The smallest absolute Gasteiger partial charge is 0.243 e. The molecule has 7 nitrogen and oxygen atoms in total. The average Bonchev–Trinajstić information content (AvgIpc) is 2.64. The van der Waals surface area contributed by atoms with E-state index < -0.39 is 10.0 Å². The largest absolute Gasteiger partial charge is 0.379 e. The first-order valence-corrected chi connectivity index (χ1v) is 11.0. The van der Waals surface area contributed by atoms with Crippen molar-refractivity contribution in [2.75, 3.05) is 51.3 Å². The molecule has 27 heavy (non-hydrogen) atoms. The van der Waals surface area contributed by atoms with Crippen LogP contribution in [0.5, 0.6) is 0 Å². The predicted molar refractivity (Wildman–Crippen MR) is 104 cm³/mol. The molecule has 0 radical (unpaired) electrons. The van der Waals surface area contributed by atoms with Gasteiger partial charge in [-0.15, -0.1) is 0 Å². The van der Waals surface area contributed by atoms with Crippen molar-refractivity contribution in [3.05, 3.63) is 23.8 Å². The summed E-state index contributed by atoms with van der Waals surface area (Å²) >= 11 is 0. The van der Waals surface area contributed by atoms with E-state index in [2.05, 4.69) is 17.1 Å². The molecule has 0 aliphatic carbocycles. The van der Waals surface area contributed by atoms with Gasteiger partial charge >= 0.3 is 0 Å². The van der Waals surface area contributed by atoms with Gasteiger partial charge in [-0.3, -0.25) is 9.69 Å². The summed E-state index contributed by atoms with van der Waals surface area (Å²) < 4.78 is 32.3. The van der Waals surface area contributed by atoms with Crippen LogP contribution in [0.4, 0.5) is 5.69 Å². The molecule has 1 aromatic rings. The number of hydrogen-bond acceptors (Lipinski definition) is 5. The highest BCUT2D eigenvalue weighted by atomic mass is 32.2. The van der Waals surface area contributed by atoms with Gasteiger partial charge in [0.1, 0.15) is 0 Å². The fraction of sp³-hybridized carbons (Fsp3) is 0.632. The fourth-order valence-corrected chi connectivity index (χ4v) is 5.09. The van der Waals surface area contributed by atoms with Crippen LogP contribution in [-0.2, 0) is 19.6 Å². The molecule has 8 heteroatoms. The van der Waals surface area contributed by atoms with Gasteiger partial charge in [-0.25, -0.2) is 8.42 Å².